The number of rotatable bonds is 1. The van der Waals surface area contributed by atoms with Gasteiger partial charge < -0.3 is 9.64 Å². The molecule has 0 N–H and O–H groups in total. The second kappa shape index (κ2) is 6.14. The Hall–Kier alpha value is -2.17. The number of hydrogen-bond acceptors (Lipinski definition) is 4. The van der Waals surface area contributed by atoms with E-state index in [2.05, 4.69) is 16.0 Å². The topological polar surface area (TPSA) is 55.3 Å². The van der Waals surface area contributed by atoms with Gasteiger partial charge in [0.1, 0.15) is 11.9 Å². The predicted molar refractivity (Wildman–Crippen MR) is 89.3 cm³/mol. The van der Waals surface area contributed by atoms with Gasteiger partial charge in [0.25, 0.3) is 0 Å². The van der Waals surface area contributed by atoms with Crippen molar-refractivity contribution in [2.75, 3.05) is 13.1 Å². The second-order valence-corrected chi connectivity index (χ2v) is 7.02. The van der Waals surface area contributed by atoms with Gasteiger partial charge in [0.05, 0.1) is 11.2 Å². The molecule has 1 aromatic carbocycles. The van der Waals surface area contributed by atoms with Crippen LogP contribution in [0.15, 0.2) is 30.6 Å². The first-order chi connectivity index (χ1) is 10.9. The van der Waals surface area contributed by atoms with Crippen LogP contribution in [0.3, 0.4) is 0 Å². The third-order valence-electron chi connectivity index (χ3n) is 4.11. The lowest BCUT2D eigenvalue weighted by atomic mass is 9.91. The van der Waals surface area contributed by atoms with Crippen LogP contribution in [-0.4, -0.2) is 39.7 Å². The zero-order valence-electron chi connectivity index (χ0n) is 14.0. The van der Waals surface area contributed by atoms with E-state index in [0.717, 1.165) is 29.4 Å². The van der Waals surface area contributed by atoms with Crippen molar-refractivity contribution in [3.63, 3.8) is 0 Å². The highest BCUT2D eigenvalue weighted by Crippen LogP contribution is 2.31. The highest BCUT2D eigenvalue weighted by atomic mass is 16.6. The molecule has 2 aromatic rings. The quantitative estimate of drug-likeness (QED) is 0.804. The van der Waals surface area contributed by atoms with Crippen LogP contribution < -0.4 is 0 Å². The van der Waals surface area contributed by atoms with Crippen LogP contribution in [0, 0.1) is 0 Å². The number of amides is 1. The van der Waals surface area contributed by atoms with Crippen LogP contribution in [0.1, 0.15) is 45.2 Å². The summed E-state index contributed by atoms with van der Waals surface area (Å²) in [6.07, 6.45) is 3.22. The van der Waals surface area contributed by atoms with Gasteiger partial charge in [-0.2, -0.15) is 0 Å². The van der Waals surface area contributed by atoms with Crippen molar-refractivity contribution in [2.24, 2.45) is 0 Å². The number of hydrogen-bond donors (Lipinski definition) is 0. The predicted octanol–water partition coefficient (Wildman–Crippen LogP) is 3.74. The number of para-hydroxylation sites is 1. The molecule has 0 aliphatic carbocycles. The molecule has 0 bridgehead atoms. The van der Waals surface area contributed by atoms with E-state index in [9.17, 15) is 4.79 Å². The van der Waals surface area contributed by atoms with Crippen LogP contribution in [0.2, 0.25) is 0 Å². The molecular weight excluding hydrogens is 290 g/mol. The van der Waals surface area contributed by atoms with E-state index < -0.39 is 5.60 Å². The fourth-order valence-corrected chi connectivity index (χ4v) is 3.01. The van der Waals surface area contributed by atoms with Gasteiger partial charge in [-0.3, -0.25) is 0 Å². The zero-order chi connectivity index (χ0) is 16.4. The average Bonchev–Trinajstić information content (AvgIpc) is 2.53. The smallest absolute Gasteiger partial charge is 0.410 e. The molecule has 5 heteroatoms. The lowest BCUT2D eigenvalue weighted by Crippen LogP contribution is -2.41. The van der Waals surface area contributed by atoms with Crippen LogP contribution in [0.5, 0.6) is 0 Å². The Morgan fingerprint density at radius 1 is 1.17 bits per heavy atom. The fourth-order valence-electron chi connectivity index (χ4n) is 3.01. The van der Waals surface area contributed by atoms with E-state index in [1.807, 2.05) is 39.0 Å². The lowest BCUT2D eigenvalue weighted by Gasteiger charge is -2.33. The summed E-state index contributed by atoms with van der Waals surface area (Å²) in [5.74, 6) is 0.363. The molecule has 1 saturated heterocycles. The summed E-state index contributed by atoms with van der Waals surface area (Å²) in [6.45, 7) is 7.09. The van der Waals surface area contributed by atoms with Gasteiger partial charge in [-0.25, -0.2) is 14.8 Å². The molecule has 23 heavy (non-hydrogen) atoms. The maximum atomic E-state index is 12.1. The number of piperidine rings is 1. The molecule has 1 fully saturated rings. The summed E-state index contributed by atoms with van der Waals surface area (Å²) >= 11 is 0. The molecule has 1 aromatic heterocycles. The molecule has 2 heterocycles. The molecular formula is C18H23N3O2. The van der Waals surface area contributed by atoms with E-state index in [0.29, 0.717) is 19.0 Å². The molecule has 0 saturated carbocycles. The maximum absolute atomic E-state index is 12.1. The monoisotopic (exact) mass is 313 g/mol. The van der Waals surface area contributed by atoms with Crippen LogP contribution >= 0.6 is 0 Å². The molecule has 122 valence electrons. The first-order valence-corrected chi connectivity index (χ1v) is 8.11. The van der Waals surface area contributed by atoms with Crippen LogP contribution in [-0.2, 0) is 4.74 Å². The third kappa shape index (κ3) is 3.60. The number of carbonyl (C=O) groups excluding carboxylic acids is 1. The highest BCUT2D eigenvalue weighted by Gasteiger charge is 2.28. The van der Waals surface area contributed by atoms with Crippen molar-refractivity contribution >= 4 is 17.0 Å². The van der Waals surface area contributed by atoms with Gasteiger partial charge in [-0.1, -0.05) is 18.2 Å². The number of ether oxygens (including phenoxy) is 1. The van der Waals surface area contributed by atoms with Gasteiger partial charge in [-0.15, -0.1) is 0 Å². The fraction of sp³-hybridized carbons (Fsp3) is 0.500. The molecule has 0 unspecified atom stereocenters. The largest absolute Gasteiger partial charge is 0.444 e. The molecule has 1 aliphatic heterocycles. The van der Waals surface area contributed by atoms with Gasteiger partial charge in [-0.05, 0) is 39.7 Å². The van der Waals surface area contributed by atoms with Crippen molar-refractivity contribution in [3.8, 4) is 0 Å². The normalized spacial score (nSPS) is 16.6. The molecule has 1 amide bonds. The van der Waals surface area contributed by atoms with Crippen LogP contribution in [0.4, 0.5) is 4.79 Å². The van der Waals surface area contributed by atoms with Gasteiger partial charge >= 0.3 is 6.09 Å². The molecule has 0 radical (unpaired) electrons. The Kier molecular flexibility index (Phi) is 4.20. The number of nitrogens with zero attached hydrogens (tertiary/aromatic N) is 3. The SMILES string of the molecule is CC(C)(C)OC(=O)N1CCC(c2ncnc3ccccc23)CC1. The Bertz CT molecular complexity index is 695. The Balaban J connectivity index is 1.70. The molecule has 3 rings (SSSR count). The van der Waals surface area contributed by atoms with Gasteiger partial charge in [0.2, 0.25) is 0 Å². The summed E-state index contributed by atoms with van der Waals surface area (Å²) < 4.78 is 5.45. The summed E-state index contributed by atoms with van der Waals surface area (Å²) in [5, 5.41) is 1.12. The molecule has 0 atom stereocenters. The number of fused-ring (bicyclic) bond motifs is 1. The maximum Gasteiger partial charge on any atom is 0.410 e. The number of aromatic nitrogens is 2. The molecule has 5 nitrogen and oxygen atoms in total. The average molecular weight is 313 g/mol. The minimum atomic E-state index is -0.448. The van der Waals surface area contributed by atoms with E-state index >= 15 is 0 Å². The molecule has 1 aliphatic rings. The van der Waals surface area contributed by atoms with E-state index in [4.69, 9.17) is 4.74 Å². The minimum absolute atomic E-state index is 0.219. The highest BCUT2D eigenvalue weighted by molar-refractivity contribution is 5.81. The summed E-state index contributed by atoms with van der Waals surface area (Å²) in [5.41, 5.74) is 1.63. The summed E-state index contributed by atoms with van der Waals surface area (Å²) in [6, 6.07) is 8.09. The lowest BCUT2D eigenvalue weighted by molar-refractivity contribution is 0.0204. The Labute approximate surface area is 136 Å². The number of benzene rings is 1. The standard InChI is InChI=1S/C18H23N3O2/c1-18(2,3)23-17(22)21-10-8-13(9-11-21)16-14-6-4-5-7-15(14)19-12-20-16/h4-7,12-13H,8-11H2,1-3H3. The second-order valence-electron chi connectivity index (χ2n) is 7.02. The van der Waals surface area contributed by atoms with E-state index in [1.165, 1.54) is 0 Å². The van der Waals surface area contributed by atoms with Crippen molar-refractivity contribution in [3.05, 3.63) is 36.3 Å². The van der Waals surface area contributed by atoms with Gasteiger partial charge in [0, 0.05) is 24.4 Å². The van der Waals surface area contributed by atoms with Crippen molar-refractivity contribution in [1.29, 1.82) is 0 Å². The third-order valence-corrected chi connectivity index (χ3v) is 4.11. The van der Waals surface area contributed by atoms with Crippen molar-refractivity contribution < 1.29 is 9.53 Å². The molecule has 0 spiro atoms. The van der Waals surface area contributed by atoms with Gasteiger partial charge in [0.15, 0.2) is 0 Å². The zero-order valence-corrected chi connectivity index (χ0v) is 14.0. The van der Waals surface area contributed by atoms with Crippen LogP contribution in [0.25, 0.3) is 10.9 Å². The van der Waals surface area contributed by atoms with Crippen molar-refractivity contribution in [2.45, 2.75) is 45.1 Å². The van der Waals surface area contributed by atoms with Crippen molar-refractivity contribution in [1.82, 2.24) is 14.9 Å². The van der Waals surface area contributed by atoms with E-state index in [-0.39, 0.29) is 6.09 Å². The minimum Gasteiger partial charge on any atom is -0.444 e. The Morgan fingerprint density at radius 3 is 2.57 bits per heavy atom. The first kappa shape index (κ1) is 15.7. The first-order valence-electron chi connectivity index (χ1n) is 8.11. The summed E-state index contributed by atoms with van der Waals surface area (Å²) in [4.78, 5) is 22.8. The Morgan fingerprint density at radius 2 is 1.87 bits per heavy atom. The summed E-state index contributed by atoms with van der Waals surface area (Å²) in [7, 11) is 0. The number of likely N-dealkylation sites (tertiary alicyclic amines) is 1. The van der Waals surface area contributed by atoms with E-state index in [1.54, 1.807) is 11.2 Å². The number of carbonyl (C=O) groups is 1.